The highest BCUT2D eigenvalue weighted by Crippen LogP contribution is 2.24. The predicted octanol–water partition coefficient (Wildman–Crippen LogP) is 2.47. The maximum atomic E-state index is 12.2. The molecule has 0 aliphatic heterocycles. The van der Waals surface area contributed by atoms with Gasteiger partial charge in [-0.2, -0.15) is 0 Å². The molecule has 1 rings (SSSR count). The molecule has 4 nitrogen and oxygen atoms in total. The van der Waals surface area contributed by atoms with E-state index in [0.29, 0.717) is 17.9 Å². The first-order valence-electron chi connectivity index (χ1n) is 5.79. The van der Waals surface area contributed by atoms with E-state index in [2.05, 4.69) is 4.74 Å². The van der Waals surface area contributed by atoms with E-state index in [1.165, 1.54) is 7.11 Å². The maximum absolute atomic E-state index is 12.2. The molecule has 0 saturated heterocycles. The zero-order chi connectivity index (χ0) is 13.8. The Kier molecular flexibility index (Phi) is 4.48. The highest BCUT2D eigenvalue weighted by Gasteiger charge is 2.37. The number of esters is 1. The van der Waals surface area contributed by atoms with Gasteiger partial charge < -0.3 is 9.47 Å². The van der Waals surface area contributed by atoms with E-state index < -0.39 is 11.4 Å². The van der Waals surface area contributed by atoms with Gasteiger partial charge in [-0.05, 0) is 45.0 Å². The lowest BCUT2D eigenvalue weighted by atomic mass is 9.84. The number of methoxy groups -OCH3 is 1. The van der Waals surface area contributed by atoms with Crippen LogP contribution in [0.25, 0.3) is 0 Å². The van der Waals surface area contributed by atoms with Crippen LogP contribution in [-0.2, 0) is 9.53 Å². The number of hydrogen-bond donors (Lipinski definition) is 0. The van der Waals surface area contributed by atoms with Crippen LogP contribution in [0.15, 0.2) is 24.3 Å². The fraction of sp³-hybridized carbons (Fsp3) is 0.429. The number of Topliss-reactive ketones (excluding diaryl/α,β-unsaturated/α-hetero) is 1. The molecule has 0 saturated carbocycles. The third kappa shape index (κ3) is 2.88. The van der Waals surface area contributed by atoms with Crippen molar-refractivity contribution in [2.45, 2.75) is 20.8 Å². The molecule has 0 fully saturated rings. The Balaban J connectivity index is 2.93. The van der Waals surface area contributed by atoms with Crippen LogP contribution in [0.1, 0.15) is 31.1 Å². The number of rotatable bonds is 5. The van der Waals surface area contributed by atoms with Crippen molar-refractivity contribution in [2.24, 2.45) is 5.41 Å². The standard InChI is InChI=1S/C14H18O4/c1-5-18-11-8-6-10(7-9-11)12(15)14(2,3)13(16)17-4/h6-9H,5H2,1-4H3. The van der Waals surface area contributed by atoms with Crippen molar-refractivity contribution in [2.75, 3.05) is 13.7 Å². The van der Waals surface area contributed by atoms with Crippen molar-refractivity contribution >= 4 is 11.8 Å². The predicted molar refractivity (Wildman–Crippen MR) is 67.7 cm³/mol. The van der Waals surface area contributed by atoms with E-state index in [0.717, 1.165) is 0 Å². The fourth-order valence-corrected chi connectivity index (χ4v) is 1.58. The largest absolute Gasteiger partial charge is 0.494 e. The van der Waals surface area contributed by atoms with Crippen molar-refractivity contribution in [1.82, 2.24) is 0 Å². The summed E-state index contributed by atoms with van der Waals surface area (Å²) in [5.41, 5.74) is -0.712. The Morgan fingerprint density at radius 2 is 1.72 bits per heavy atom. The van der Waals surface area contributed by atoms with E-state index in [1.807, 2.05) is 6.92 Å². The van der Waals surface area contributed by atoms with Crippen LogP contribution in [-0.4, -0.2) is 25.5 Å². The van der Waals surface area contributed by atoms with E-state index in [4.69, 9.17) is 4.74 Å². The van der Waals surface area contributed by atoms with Gasteiger partial charge in [-0.3, -0.25) is 9.59 Å². The van der Waals surface area contributed by atoms with Gasteiger partial charge in [0.2, 0.25) is 0 Å². The molecular weight excluding hydrogens is 232 g/mol. The Morgan fingerprint density at radius 3 is 2.17 bits per heavy atom. The average Bonchev–Trinajstić information content (AvgIpc) is 2.38. The number of ether oxygens (including phenoxy) is 2. The van der Waals surface area contributed by atoms with Crippen LogP contribution in [0.2, 0.25) is 0 Å². The first kappa shape index (κ1) is 14.2. The van der Waals surface area contributed by atoms with Gasteiger partial charge in [0.05, 0.1) is 13.7 Å². The number of ketones is 1. The van der Waals surface area contributed by atoms with Gasteiger partial charge in [-0.15, -0.1) is 0 Å². The van der Waals surface area contributed by atoms with Crippen molar-refractivity contribution in [3.05, 3.63) is 29.8 Å². The van der Waals surface area contributed by atoms with E-state index in [-0.39, 0.29) is 5.78 Å². The first-order valence-corrected chi connectivity index (χ1v) is 5.79. The second kappa shape index (κ2) is 5.67. The van der Waals surface area contributed by atoms with Gasteiger partial charge in [0, 0.05) is 5.56 Å². The summed E-state index contributed by atoms with van der Waals surface area (Å²) >= 11 is 0. The van der Waals surface area contributed by atoms with Crippen molar-refractivity contribution in [1.29, 1.82) is 0 Å². The van der Waals surface area contributed by atoms with Gasteiger partial charge in [0.15, 0.2) is 5.78 Å². The lowest BCUT2D eigenvalue weighted by Gasteiger charge is -2.19. The van der Waals surface area contributed by atoms with Gasteiger partial charge in [-0.1, -0.05) is 0 Å². The molecular formula is C14H18O4. The molecule has 0 heterocycles. The second-order valence-electron chi connectivity index (χ2n) is 4.40. The fourth-order valence-electron chi connectivity index (χ4n) is 1.58. The third-order valence-electron chi connectivity index (χ3n) is 2.69. The van der Waals surface area contributed by atoms with E-state index >= 15 is 0 Å². The van der Waals surface area contributed by atoms with E-state index in [1.54, 1.807) is 38.1 Å². The lowest BCUT2D eigenvalue weighted by Crippen LogP contribution is -2.34. The molecule has 1 aromatic carbocycles. The normalized spacial score (nSPS) is 10.9. The molecule has 98 valence electrons. The number of carbonyl (C=O) groups is 2. The summed E-state index contributed by atoms with van der Waals surface area (Å²) in [5, 5.41) is 0. The number of hydrogen-bond acceptors (Lipinski definition) is 4. The topological polar surface area (TPSA) is 52.6 Å². The zero-order valence-electron chi connectivity index (χ0n) is 11.1. The summed E-state index contributed by atoms with van der Waals surface area (Å²) in [6, 6.07) is 6.73. The SMILES string of the molecule is CCOc1ccc(C(=O)C(C)(C)C(=O)OC)cc1. The lowest BCUT2D eigenvalue weighted by molar-refractivity contribution is -0.147. The summed E-state index contributed by atoms with van der Waals surface area (Å²) < 4.78 is 9.93. The number of benzene rings is 1. The molecule has 0 radical (unpaired) electrons. The molecule has 1 aromatic rings. The summed E-state index contributed by atoms with van der Waals surface area (Å²) in [7, 11) is 1.27. The van der Waals surface area contributed by atoms with Crippen molar-refractivity contribution < 1.29 is 19.1 Å². The molecule has 0 amide bonds. The minimum Gasteiger partial charge on any atom is -0.494 e. The van der Waals surface area contributed by atoms with E-state index in [9.17, 15) is 9.59 Å². The summed E-state index contributed by atoms with van der Waals surface area (Å²) in [5.74, 6) is -0.108. The smallest absolute Gasteiger partial charge is 0.319 e. The summed E-state index contributed by atoms with van der Waals surface area (Å²) in [4.78, 5) is 23.7. The Bertz CT molecular complexity index is 432. The molecule has 0 aromatic heterocycles. The molecule has 0 bridgehead atoms. The zero-order valence-corrected chi connectivity index (χ0v) is 11.1. The van der Waals surface area contributed by atoms with Crippen LogP contribution < -0.4 is 4.74 Å². The van der Waals surface area contributed by atoms with Gasteiger partial charge >= 0.3 is 5.97 Å². The van der Waals surface area contributed by atoms with Crippen LogP contribution in [0.3, 0.4) is 0 Å². The molecule has 0 atom stereocenters. The van der Waals surface area contributed by atoms with Crippen LogP contribution in [0, 0.1) is 5.41 Å². The minimum atomic E-state index is -1.18. The molecule has 0 aliphatic carbocycles. The minimum absolute atomic E-state index is 0.266. The average molecular weight is 250 g/mol. The van der Waals surface area contributed by atoms with Gasteiger partial charge in [0.25, 0.3) is 0 Å². The molecule has 0 spiro atoms. The second-order valence-corrected chi connectivity index (χ2v) is 4.40. The highest BCUT2D eigenvalue weighted by molar-refractivity contribution is 6.11. The molecule has 18 heavy (non-hydrogen) atoms. The Morgan fingerprint density at radius 1 is 1.17 bits per heavy atom. The molecule has 0 unspecified atom stereocenters. The highest BCUT2D eigenvalue weighted by atomic mass is 16.5. The van der Waals surface area contributed by atoms with Gasteiger partial charge in [0.1, 0.15) is 11.2 Å². The molecule has 0 N–H and O–H groups in total. The van der Waals surface area contributed by atoms with Crippen molar-refractivity contribution in [3.8, 4) is 5.75 Å². The van der Waals surface area contributed by atoms with Crippen LogP contribution in [0.4, 0.5) is 0 Å². The monoisotopic (exact) mass is 250 g/mol. The number of carbonyl (C=O) groups excluding carboxylic acids is 2. The maximum Gasteiger partial charge on any atom is 0.319 e. The molecule has 0 aliphatic rings. The van der Waals surface area contributed by atoms with Crippen molar-refractivity contribution in [3.63, 3.8) is 0 Å². The van der Waals surface area contributed by atoms with Crippen LogP contribution >= 0.6 is 0 Å². The Labute approximate surface area is 107 Å². The summed E-state index contributed by atoms with van der Waals surface area (Å²) in [6.45, 7) is 5.57. The summed E-state index contributed by atoms with van der Waals surface area (Å²) in [6.07, 6.45) is 0. The Hall–Kier alpha value is -1.84. The van der Waals surface area contributed by atoms with Crippen LogP contribution in [0.5, 0.6) is 5.75 Å². The van der Waals surface area contributed by atoms with Gasteiger partial charge in [-0.25, -0.2) is 0 Å². The first-order chi connectivity index (χ1) is 8.43. The third-order valence-corrected chi connectivity index (χ3v) is 2.69. The molecule has 4 heteroatoms. The quantitative estimate of drug-likeness (QED) is 0.457.